The van der Waals surface area contributed by atoms with Crippen LogP contribution >= 0.6 is 0 Å². The summed E-state index contributed by atoms with van der Waals surface area (Å²) in [7, 11) is 0. The van der Waals surface area contributed by atoms with Crippen LogP contribution in [0.25, 0.3) is 0 Å². The predicted octanol–water partition coefficient (Wildman–Crippen LogP) is 4.12. The minimum atomic E-state index is 0. The van der Waals surface area contributed by atoms with Gasteiger partial charge in [-0.1, -0.05) is 44.4 Å². The van der Waals surface area contributed by atoms with Crippen molar-refractivity contribution in [2.24, 2.45) is 0 Å². The molecule has 2 aliphatic carbocycles. The molecule has 0 aliphatic heterocycles. The Balaban J connectivity index is 0.00000112. The second-order valence-electron chi connectivity index (χ2n) is 3.90. The second-order valence-corrected chi connectivity index (χ2v) is 3.90. The third kappa shape index (κ3) is 3.15. The van der Waals surface area contributed by atoms with Crippen molar-refractivity contribution in [3.05, 3.63) is 47.1 Å². The Morgan fingerprint density at radius 3 is 2.93 bits per heavy atom. The zero-order valence-corrected chi connectivity index (χ0v) is 11.8. The molecule has 0 amide bonds. The fourth-order valence-electron chi connectivity index (χ4n) is 2.04. The molecule has 15 heavy (non-hydrogen) atoms. The van der Waals surface area contributed by atoms with Crippen molar-refractivity contribution >= 4 is 0 Å². The van der Waals surface area contributed by atoms with Crippen molar-refractivity contribution in [3.8, 4) is 0 Å². The van der Waals surface area contributed by atoms with Crippen molar-refractivity contribution in [2.45, 2.75) is 39.0 Å². The first-order chi connectivity index (χ1) is 6.92. The number of rotatable bonds is 4. The van der Waals surface area contributed by atoms with Crippen molar-refractivity contribution in [1.82, 2.24) is 0 Å². The molecule has 0 N–H and O–H groups in total. The van der Waals surface area contributed by atoms with Gasteiger partial charge >= 0.3 is 0 Å². The van der Waals surface area contributed by atoms with Gasteiger partial charge in [0, 0.05) is 26.2 Å². The predicted molar refractivity (Wildman–Crippen MR) is 60.8 cm³/mol. The minimum Gasteiger partial charge on any atom is -0.269 e. The standard InChI is InChI=1S/C14H17.Zr/c1-2-3-7-12-10-6-11-14(12)13-8-4-5-9-13;/h4-5,8,11H,2-3,6-7,9H2,1H3;/q-1;. The molecule has 0 aromatic rings. The third-order valence-electron chi connectivity index (χ3n) is 2.84. The topological polar surface area (TPSA) is 0 Å². The van der Waals surface area contributed by atoms with E-state index in [9.17, 15) is 0 Å². The van der Waals surface area contributed by atoms with E-state index in [2.05, 4.69) is 37.3 Å². The largest absolute Gasteiger partial charge is 0.269 e. The molecule has 0 aromatic carbocycles. The molecule has 0 aromatic heterocycles. The van der Waals surface area contributed by atoms with Gasteiger partial charge in [-0.05, 0) is 6.42 Å². The van der Waals surface area contributed by atoms with Gasteiger partial charge in [-0.2, -0.15) is 11.6 Å². The van der Waals surface area contributed by atoms with Gasteiger partial charge in [-0.3, -0.25) is 6.08 Å². The van der Waals surface area contributed by atoms with E-state index in [1.807, 2.05) is 0 Å². The van der Waals surface area contributed by atoms with Gasteiger partial charge in [0.05, 0.1) is 0 Å². The first-order valence-corrected chi connectivity index (χ1v) is 5.58. The quantitative estimate of drug-likeness (QED) is 0.678. The van der Waals surface area contributed by atoms with Gasteiger partial charge in [0.15, 0.2) is 0 Å². The Bertz CT molecular complexity index is 329. The monoisotopic (exact) mass is 275 g/mol. The molecule has 2 rings (SSSR count). The average Bonchev–Trinajstić information content (AvgIpc) is 2.84. The normalized spacial score (nSPS) is 18.3. The summed E-state index contributed by atoms with van der Waals surface area (Å²) in [5.41, 5.74) is 4.42. The molecule has 0 fully saturated rings. The van der Waals surface area contributed by atoms with Gasteiger partial charge in [0.25, 0.3) is 0 Å². The molecule has 1 heteroatoms. The van der Waals surface area contributed by atoms with Crippen LogP contribution in [0.4, 0.5) is 0 Å². The van der Waals surface area contributed by atoms with Crippen LogP contribution in [-0.4, -0.2) is 0 Å². The maximum atomic E-state index is 3.47. The third-order valence-corrected chi connectivity index (χ3v) is 2.84. The first kappa shape index (κ1) is 12.9. The summed E-state index contributed by atoms with van der Waals surface area (Å²) in [5.74, 6) is 0. The van der Waals surface area contributed by atoms with E-state index in [1.165, 1.54) is 36.0 Å². The Morgan fingerprint density at radius 1 is 1.40 bits per heavy atom. The van der Waals surface area contributed by atoms with Gasteiger partial charge in [0.1, 0.15) is 0 Å². The summed E-state index contributed by atoms with van der Waals surface area (Å²) in [4.78, 5) is 0. The fourth-order valence-corrected chi connectivity index (χ4v) is 2.04. The summed E-state index contributed by atoms with van der Waals surface area (Å²) in [6, 6.07) is 0. The van der Waals surface area contributed by atoms with Crippen LogP contribution in [0.1, 0.15) is 39.0 Å². The van der Waals surface area contributed by atoms with Gasteiger partial charge in [-0.25, -0.2) is 5.57 Å². The SMILES string of the molecule is CCCCC1=[C-]CC=C1C1=CC=CC1.[Zr]. The van der Waals surface area contributed by atoms with Crippen molar-refractivity contribution in [3.63, 3.8) is 0 Å². The van der Waals surface area contributed by atoms with Gasteiger partial charge < -0.3 is 0 Å². The Morgan fingerprint density at radius 2 is 2.27 bits per heavy atom. The maximum Gasteiger partial charge on any atom is 0 e. The molecule has 0 bridgehead atoms. The summed E-state index contributed by atoms with van der Waals surface area (Å²) in [6.07, 6.45) is 18.3. The molecule has 0 saturated heterocycles. The molecule has 0 radical (unpaired) electrons. The second kappa shape index (κ2) is 6.43. The van der Waals surface area contributed by atoms with E-state index in [0.29, 0.717) is 0 Å². The molecule has 0 nitrogen and oxygen atoms in total. The van der Waals surface area contributed by atoms with Crippen LogP contribution in [0.3, 0.4) is 0 Å². The number of hydrogen-bond donors (Lipinski definition) is 0. The Kier molecular flexibility index (Phi) is 5.54. The zero-order chi connectivity index (χ0) is 9.80. The van der Waals surface area contributed by atoms with E-state index in [0.717, 1.165) is 12.8 Å². The number of allylic oxidation sites excluding steroid dienone is 8. The Labute approximate surface area is 112 Å². The van der Waals surface area contributed by atoms with Crippen molar-refractivity contribution in [2.75, 3.05) is 0 Å². The number of unbranched alkanes of at least 4 members (excludes halogenated alkanes) is 1. The fraction of sp³-hybridized carbons (Fsp3) is 0.429. The van der Waals surface area contributed by atoms with E-state index in [1.54, 1.807) is 0 Å². The molecular weight excluding hydrogens is 259 g/mol. The van der Waals surface area contributed by atoms with Crippen LogP contribution in [0, 0.1) is 6.08 Å². The summed E-state index contributed by atoms with van der Waals surface area (Å²) in [6.45, 7) is 2.25. The molecule has 0 spiro atoms. The Hall–Kier alpha value is -0.157. The summed E-state index contributed by atoms with van der Waals surface area (Å²) >= 11 is 0. The van der Waals surface area contributed by atoms with E-state index < -0.39 is 0 Å². The minimum absolute atomic E-state index is 0. The van der Waals surface area contributed by atoms with E-state index in [-0.39, 0.29) is 26.2 Å². The van der Waals surface area contributed by atoms with Crippen LogP contribution in [-0.2, 0) is 26.2 Å². The number of hydrogen-bond acceptors (Lipinski definition) is 0. The average molecular weight is 277 g/mol. The molecule has 0 heterocycles. The molecular formula is C14H17Zr-. The zero-order valence-electron chi connectivity index (χ0n) is 9.34. The molecule has 2 aliphatic rings. The van der Waals surface area contributed by atoms with Gasteiger partial charge in [-0.15, -0.1) is 12.0 Å². The molecule has 0 unspecified atom stereocenters. The summed E-state index contributed by atoms with van der Waals surface area (Å²) in [5, 5.41) is 0. The molecule has 0 atom stereocenters. The molecule has 0 saturated carbocycles. The van der Waals surface area contributed by atoms with Gasteiger partial charge in [0.2, 0.25) is 0 Å². The van der Waals surface area contributed by atoms with Crippen molar-refractivity contribution < 1.29 is 26.2 Å². The maximum absolute atomic E-state index is 3.47. The van der Waals surface area contributed by atoms with Crippen LogP contribution in [0.2, 0.25) is 0 Å². The van der Waals surface area contributed by atoms with Crippen LogP contribution < -0.4 is 0 Å². The smallest absolute Gasteiger partial charge is 0 e. The summed E-state index contributed by atoms with van der Waals surface area (Å²) < 4.78 is 0. The van der Waals surface area contributed by atoms with E-state index in [4.69, 9.17) is 0 Å². The molecule has 78 valence electrons. The van der Waals surface area contributed by atoms with Crippen LogP contribution in [0.5, 0.6) is 0 Å². The van der Waals surface area contributed by atoms with Crippen LogP contribution in [0.15, 0.2) is 41.0 Å². The van der Waals surface area contributed by atoms with Crippen molar-refractivity contribution in [1.29, 1.82) is 0 Å². The first-order valence-electron chi connectivity index (χ1n) is 5.58. The van der Waals surface area contributed by atoms with E-state index >= 15 is 0 Å².